The minimum atomic E-state index is -3.51. The van der Waals surface area contributed by atoms with E-state index in [9.17, 15) is 17.6 Å². The van der Waals surface area contributed by atoms with Crippen molar-refractivity contribution in [1.82, 2.24) is 20.2 Å². The van der Waals surface area contributed by atoms with Crippen molar-refractivity contribution < 1.29 is 22.1 Å². The van der Waals surface area contributed by atoms with Gasteiger partial charge in [0.05, 0.1) is 5.75 Å². The number of aromatic nitrogens is 2. The van der Waals surface area contributed by atoms with Crippen LogP contribution in [0.5, 0.6) is 0 Å². The summed E-state index contributed by atoms with van der Waals surface area (Å²) in [6.45, 7) is 0.193. The summed E-state index contributed by atoms with van der Waals surface area (Å²) >= 11 is 0. The third kappa shape index (κ3) is 6.75. The maximum Gasteiger partial charge on any atom is 0.227 e. The van der Waals surface area contributed by atoms with Crippen LogP contribution >= 0.6 is 0 Å². The predicted octanol–water partition coefficient (Wildman–Crippen LogP) is 2.04. The molecule has 0 radical (unpaired) electrons. The molecule has 158 valence electrons. The Morgan fingerprint density at radius 1 is 1.07 bits per heavy atom. The molecule has 0 saturated heterocycles. The molecule has 0 bridgehead atoms. The lowest BCUT2D eigenvalue weighted by Gasteiger charge is -2.08. The van der Waals surface area contributed by atoms with Gasteiger partial charge in [0.25, 0.3) is 0 Å². The Hall–Kier alpha value is -3.11. The first kappa shape index (κ1) is 21.6. The van der Waals surface area contributed by atoms with Gasteiger partial charge in [-0.3, -0.25) is 4.79 Å². The van der Waals surface area contributed by atoms with Crippen LogP contribution in [0.15, 0.2) is 59.1 Å². The number of carbonyl (C=O) groups is 1. The summed E-state index contributed by atoms with van der Waals surface area (Å²) in [6.07, 6.45) is 0.279. The van der Waals surface area contributed by atoms with Gasteiger partial charge in [-0.05, 0) is 29.8 Å². The van der Waals surface area contributed by atoms with Crippen LogP contribution in [0.3, 0.4) is 0 Å². The van der Waals surface area contributed by atoms with Crippen LogP contribution < -0.4 is 10.0 Å². The lowest BCUT2D eigenvalue weighted by molar-refractivity contribution is -0.121. The minimum absolute atomic E-state index is 0.00633. The molecule has 1 heterocycles. The molecule has 1 aromatic heterocycles. The van der Waals surface area contributed by atoms with E-state index in [-0.39, 0.29) is 49.3 Å². The SMILES string of the molecule is O=C(CCc1nc(-c2ccc(F)cc2)no1)NCCS(=O)(=O)NCc1ccccc1. The molecular formula is C20H21FN4O4S. The van der Waals surface area contributed by atoms with E-state index in [1.54, 1.807) is 0 Å². The number of rotatable bonds is 10. The number of halogens is 1. The highest BCUT2D eigenvalue weighted by molar-refractivity contribution is 7.89. The van der Waals surface area contributed by atoms with Gasteiger partial charge in [0.2, 0.25) is 27.6 Å². The van der Waals surface area contributed by atoms with Gasteiger partial charge in [-0.2, -0.15) is 4.98 Å². The van der Waals surface area contributed by atoms with Crippen LogP contribution in [0, 0.1) is 5.82 Å². The first-order chi connectivity index (χ1) is 14.4. The van der Waals surface area contributed by atoms with Crippen molar-refractivity contribution >= 4 is 15.9 Å². The number of amides is 1. The predicted molar refractivity (Wildman–Crippen MR) is 108 cm³/mol. The van der Waals surface area contributed by atoms with Crippen LogP contribution in [-0.2, 0) is 27.8 Å². The number of aryl methyl sites for hydroxylation is 1. The van der Waals surface area contributed by atoms with Gasteiger partial charge in [0, 0.05) is 31.5 Å². The molecule has 10 heteroatoms. The molecule has 0 spiro atoms. The molecule has 3 aromatic rings. The number of sulfonamides is 1. The zero-order chi connectivity index (χ0) is 21.4. The van der Waals surface area contributed by atoms with Crippen molar-refractivity contribution in [2.75, 3.05) is 12.3 Å². The first-order valence-electron chi connectivity index (χ1n) is 9.28. The second kappa shape index (κ2) is 10.1. The smallest absolute Gasteiger partial charge is 0.227 e. The van der Waals surface area contributed by atoms with Crippen LogP contribution in [0.4, 0.5) is 4.39 Å². The Morgan fingerprint density at radius 3 is 2.53 bits per heavy atom. The molecule has 0 aliphatic heterocycles. The Morgan fingerprint density at radius 2 is 1.80 bits per heavy atom. The van der Waals surface area contributed by atoms with E-state index in [1.807, 2.05) is 30.3 Å². The highest BCUT2D eigenvalue weighted by atomic mass is 32.2. The zero-order valence-corrected chi connectivity index (χ0v) is 16.9. The van der Waals surface area contributed by atoms with E-state index in [4.69, 9.17) is 4.52 Å². The van der Waals surface area contributed by atoms with Crippen LogP contribution in [0.1, 0.15) is 17.9 Å². The fraction of sp³-hybridized carbons (Fsp3) is 0.250. The van der Waals surface area contributed by atoms with E-state index in [2.05, 4.69) is 20.2 Å². The fourth-order valence-corrected chi connectivity index (χ4v) is 3.47. The van der Waals surface area contributed by atoms with Crippen LogP contribution in [-0.4, -0.2) is 36.8 Å². The Balaban J connectivity index is 1.38. The van der Waals surface area contributed by atoms with E-state index in [0.29, 0.717) is 11.4 Å². The molecule has 30 heavy (non-hydrogen) atoms. The molecule has 1 amide bonds. The summed E-state index contributed by atoms with van der Waals surface area (Å²) in [5.74, 6) is -0.338. The van der Waals surface area contributed by atoms with Crippen molar-refractivity contribution in [3.63, 3.8) is 0 Å². The van der Waals surface area contributed by atoms with Gasteiger partial charge in [-0.1, -0.05) is 35.5 Å². The molecule has 0 saturated carbocycles. The Kier molecular flexibility index (Phi) is 7.26. The van der Waals surface area contributed by atoms with E-state index in [0.717, 1.165) is 5.56 Å². The summed E-state index contributed by atoms with van der Waals surface area (Å²) in [5, 5.41) is 6.37. The number of nitrogens with one attached hydrogen (secondary N) is 2. The average Bonchev–Trinajstić information content (AvgIpc) is 3.21. The lowest BCUT2D eigenvalue weighted by Crippen LogP contribution is -2.34. The van der Waals surface area contributed by atoms with Gasteiger partial charge < -0.3 is 9.84 Å². The fourth-order valence-electron chi connectivity index (χ4n) is 2.57. The summed E-state index contributed by atoms with van der Waals surface area (Å²) < 4.78 is 44.6. The molecule has 0 unspecified atom stereocenters. The molecule has 8 nitrogen and oxygen atoms in total. The first-order valence-corrected chi connectivity index (χ1v) is 10.9. The van der Waals surface area contributed by atoms with Crippen molar-refractivity contribution in [3.05, 3.63) is 71.9 Å². The minimum Gasteiger partial charge on any atom is -0.355 e. The topological polar surface area (TPSA) is 114 Å². The number of nitrogens with zero attached hydrogens (tertiary/aromatic N) is 2. The van der Waals surface area contributed by atoms with Crippen molar-refractivity contribution in [2.24, 2.45) is 0 Å². The Bertz CT molecular complexity index is 1070. The van der Waals surface area contributed by atoms with E-state index >= 15 is 0 Å². The lowest BCUT2D eigenvalue weighted by atomic mass is 10.2. The summed E-state index contributed by atoms with van der Waals surface area (Å²) in [5.41, 5.74) is 1.45. The maximum absolute atomic E-state index is 13.0. The number of hydrogen-bond donors (Lipinski definition) is 2. The van der Waals surface area contributed by atoms with Crippen LogP contribution in [0.25, 0.3) is 11.4 Å². The molecule has 0 fully saturated rings. The largest absolute Gasteiger partial charge is 0.355 e. The third-order valence-corrected chi connectivity index (χ3v) is 5.49. The Labute approximate surface area is 173 Å². The number of carbonyl (C=O) groups excluding carboxylic acids is 1. The second-order valence-corrected chi connectivity index (χ2v) is 8.42. The van der Waals surface area contributed by atoms with Crippen molar-refractivity contribution in [2.45, 2.75) is 19.4 Å². The normalized spacial score (nSPS) is 11.4. The number of hydrogen-bond acceptors (Lipinski definition) is 6. The molecule has 0 aliphatic rings. The van der Waals surface area contributed by atoms with Gasteiger partial charge >= 0.3 is 0 Å². The van der Waals surface area contributed by atoms with Crippen molar-refractivity contribution in [3.8, 4) is 11.4 Å². The van der Waals surface area contributed by atoms with Crippen LogP contribution in [0.2, 0.25) is 0 Å². The van der Waals surface area contributed by atoms with E-state index in [1.165, 1.54) is 24.3 Å². The summed E-state index contributed by atoms with van der Waals surface area (Å²) in [6, 6.07) is 14.8. The number of benzene rings is 2. The standard InChI is InChI=1S/C20H21FN4O4S/c21-17-8-6-16(7-9-17)20-24-19(29-25-20)11-10-18(26)22-12-13-30(27,28)23-14-15-4-2-1-3-5-15/h1-9,23H,10-14H2,(H,22,26). The summed E-state index contributed by atoms with van der Waals surface area (Å²) in [7, 11) is -3.51. The highest BCUT2D eigenvalue weighted by Crippen LogP contribution is 2.16. The van der Waals surface area contributed by atoms with Gasteiger partial charge in [-0.15, -0.1) is 0 Å². The molecular weight excluding hydrogens is 411 g/mol. The summed E-state index contributed by atoms with van der Waals surface area (Å²) in [4.78, 5) is 16.1. The second-order valence-electron chi connectivity index (χ2n) is 6.49. The third-order valence-electron chi connectivity index (χ3n) is 4.17. The van der Waals surface area contributed by atoms with Gasteiger partial charge in [-0.25, -0.2) is 17.5 Å². The molecule has 2 aromatic carbocycles. The zero-order valence-electron chi connectivity index (χ0n) is 16.0. The van der Waals surface area contributed by atoms with Crippen molar-refractivity contribution in [1.29, 1.82) is 0 Å². The molecule has 0 atom stereocenters. The quantitative estimate of drug-likeness (QED) is 0.507. The molecule has 3 rings (SSSR count). The molecule has 0 aliphatic carbocycles. The monoisotopic (exact) mass is 432 g/mol. The maximum atomic E-state index is 13.0. The highest BCUT2D eigenvalue weighted by Gasteiger charge is 2.13. The molecule has 2 N–H and O–H groups in total. The van der Waals surface area contributed by atoms with Gasteiger partial charge in [0.1, 0.15) is 5.82 Å². The average molecular weight is 432 g/mol. The van der Waals surface area contributed by atoms with E-state index < -0.39 is 10.0 Å². The van der Waals surface area contributed by atoms with Gasteiger partial charge in [0.15, 0.2) is 0 Å².